The fraction of sp³-hybridized carbons (Fsp3) is 0.118. The van der Waals surface area contributed by atoms with Crippen LogP contribution in [0.2, 0.25) is 0 Å². The van der Waals surface area contributed by atoms with Gasteiger partial charge in [-0.05, 0) is 55.0 Å². The van der Waals surface area contributed by atoms with E-state index in [1.54, 1.807) is 13.3 Å². The van der Waals surface area contributed by atoms with Crippen LogP contribution in [0.25, 0.3) is 0 Å². The van der Waals surface area contributed by atoms with E-state index in [9.17, 15) is 0 Å². The van der Waals surface area contributed by atoms with Gasteiger partial charge in [-0.15, -0.1) is 5.10 Å². The number of aryl methyl sites for hydroxylation is 1. The Bertz CT molecular complexity index is 839. The third-order valence-electron chi connectivity index (χ3n) is 3.34. The summed E-state index contributed by atoms with van der Waals surface area (Å²) in [6.45, 7) is 2.03. The second kappa shape index (κ2) is 7.27. The lowest BCUT2D eigenvalue weighted by Gasteiger charge is -2.09. The molecule has 3 aromatic rings. The molecule has 0 bridgehead atoms. The maximum Gasteiger partial charge on any atom is 0.249 e. The number of halogens is 1. The van der Waals surface area contributed by atoms with E-state index in [4.69, 9.17) is 4.74 Å². The lowest BCUT2D eigenvalue weighted by atomic mass is 10.2. The first kappa shape index (κ1) is 16.2. The number of rotatable bonds is 5. The summed E-state index contributed by atoms with van der Waals surface area (Å²) >= 11 is 3.49. The van der Waals surface area contributed by atoms with E-state index in [2.05, 4.69) is 41.7 Å². The zero-order valence-electron chi connectivity index (χ0n) is 13.2. The topological polar surface area (TPSA) is 72.0 Å². The van der Waals surface area contributed by atoms with Crippen LogP contribution in [0.3, 0.4) is 0 Å². The molecule has 0 unspecified atom stereocenters. The van der Waals surface area contributed by atoms with Crippen LogP contribution in [0.5, 0.6) is 5.75 Å². The van der Waals surface area contributed by atoms with Crippen molar-refractivity contribution >= 4 is 39.1 Å². The molecule has 0 fully saturated rings. The van der Waals surface area contributed by atoms with Gasteiger partial charge in [0.25, 0.3) is 0 Å². The lowest BCUT2D eigenvalue weighted by molar-refractivity contribution is 0.415. The summed E-state index contributed by atoms with van der Waals surface area (Å²) in [5, 5.41) is 14.3. The SMILES string of the molecule is COc1ccc(Nc2nncc(Nc3ccc(Br)c(C)c3)n2)cc1. The van der Waals surface area contributed by atoms with Crippen molar-refractivity contribution in [3.8, 4) is 5.75 Å². The quantitative estimate of drug-likeness (QED) is 0.676. The minimum absolute atomic E-state index is 0.416. The Kier molecular flexibility index (Phi) is 4.90. The predicted octanol–water partition coefficient (Wildman–Crippen LogP) is 4.44. The molecule has 2 N–H and O–H groups in total. The zero-order valence-corrected chi connectivity index (χ0v) is 14.8. The Labute approximate surface area is 148 Å². The van der Waals surface area contributed by atoms with Gasteiger partial charge in [0.05, 0.1) is 13.3 Å². The van der Waals surface area contributed by atoms with Crippen molar-refractivity contribution in [1.29, 1.82) is 0 Å². The van der Waals surface area contributed by atoms with Crippen LogP contribution in [-0.2, 0) is 0 Å². The van der Waals surface area contributed by atoms with E-state index < -0.39 is 0 Å². The number of ether oxygens (including phenoxy) is 1. The van der Waals surface area contributed by atoms with E-state index in [-0.39, 0.29) is 0 Å². The normalized spacial score (nSPS) is 10.3. The maximum atomic E-state index is 5.14. The number of benzene rings is 2. The van der Waals surface area contributed by atoms with Gasteiger partial charge < -0.3 is 15.4 Å². The summed E-state index contributed by atoms with van der Waals surface area (Å²) in [5.41, 5.74) is 2.93. The standard InChI is InChI=1S/C17H16BrN5O/c1-11-9-13(5-8-15(11)18)20-16-10-19-23-17(22-16)21-12-3-6-14(24-2)7-4-12/h3-10H,1-2H3,(H2,20,21,22,23). The average Bonchev–Trinajstić information content (AvgIpc) is 2.59. The van der Waals surface area contributed by atoms with E-state index in [1.165, 1.54) is 0 Å². The minimum atomic E-state index is 0.416. The van der Waals surface area contributed by atoms with Crippen molar-refractivity contribution in [2.75, 3.05) is 17.7 Å². The van der Waals surface area contributed by atoms with E-state index in [1.807, 2.05) is 49.4 Å². The second-order valence-corrected chi connectivity index (χ2v) is 5.96. The monoisotopic (exact) mass is 385 g/mol. The van der Waals surface area contributed by atoms with Crippen LogP contribution in [0.15, 0.2) is 53.1 Å². The third kappa shape index (κ3) is 3.99. The molecule has 122 valence electrons. The molecule has 1 heterocycles. The number of nitrogens with zero attached hydrogens (tertiary/aromatic N) is 3. The van der Waals surface area contributed by atoms with Gasteiger partial charge in [-0.2, -0.15) is 10.1 Å². The van der Waals surface area contributed by atoms with Crippen molar-refractivity contribution < 1.29 is 4.74 Å². The number of hydrogen-bond acceptors (Lipinski definition) is 6. The predicted molar refractivity (Wildman–Crippen MR) is 98.3 cm³/mol. The third-order valence-corrected chi connectivity index (χ3v) is 4.23. The summed E-state index contributed by atoms with van der Waals surface area (Å²) in [6, 6.07) is 13.5. The van der Waals surface area contributed by atoms with E-state index in [0.717, 1.165) is 27.2 Å². The Morgan fingerprint density at radius 2 is 1.75 bits per heavy atom. The molecule has 24 heavy (non-hydrogen) atoms. The highest BCUT2D eigenvalue weighted by molar-refractivity contribution is 9.10. The second-order valence-electron chi connectivity index (χ2n) is 5.11. The highest BCUT2D eigenvalue weighted by atomic mass is 79.9. The highest BCUT2D eigenvalue weighted by Gasteiger charge is 2.03. The Hall–Kier alpha value is -2.67. The molecule has 0 amide bonds. The maximum absolute atomic E-state index is 5.14. The van der Waals surface area contributed by atoms with Gasteiger partial charge in [-0.3, -0.25) is 0 Å². The molecule has 0 radical (unpaired) electrons. The molecule has 2 aromatic carbocycles. The fourth-order valence-electron chi connectivity index (χ4n) is 2.09. The smallest absolute Gasteiger partial charge is 0.249 e. The molecule has 6 nitrogen and oxygen atoms in total. The molecule has 3 rings (SSSR count). The summed E-state index contributed by atoms with van der Waals surface area (Å²) in [4.78, 5) is 4.42. The molecule has 1 aromatic heterocycles. The number of methoxy groups -OCH3 is 1. The molecular weight excluding hydrogens is 370 g/mol. The highest BCUT2D eigenvalue weighted by Crippen LogP contribution is 2.23. The van der Waals surface area contributed by atoms with Gasteiger partial charge in [0.1, 0.15) is 5.75 Å². The first-order chi connectivity index (χ1) is 11.6. The first-order valence-electron chi connectivity index (χ1n) is 7.28. The molecule has 0 saturated heterocycles. The number of hydrogen-bond donors (Lipinski definition) is 2. The van der Waals surface area contributed by atoms with Gasteiger partial charge >= 0.3 is 0 Å². The van der Waals surface area contributed by atoms with Gasteiger partial charge in [0.15, 0.2) is 5.82 Å². The van der Waals surface area contributed by atoms with Gasteiger partial charge in [0.2, 0.25) is 5.95 Å². The number of anilines is 4. The minimum Gasteiger partial charge on any atom is -0.497 e. The van der Waals surface area contributed by atoms with Gasteiger partial charge in [0, 0.05) is 15.8 Å². The van der Waals surface area contributed by atoms with E-state index >= 15 is 0 Å². The Balaban J connectivity index is 1.74. The molecule has 0 saturated carbocycles. The molecule has 0 aliphatic heterocycles. The van der Waals surface area contributed by atoms with Crippen molar-refractivity contribution in [3.63, 3.8) is 0 Å². The molecule has 7 heteroatoms. The van der Waals surface area contributed by atoms with Crippen molar-refractivity contribution in [2.45, 2.75) is 6.92 Å². The van der Waals surface area contributed by atoms with Crippen molar-refractivity contribution in [2.24, 2.45) is 0 Å². The summed E-state index contributed by atoms with van der Waals surface area (Å²) in [6.07, 6.45) is 1.58. The fourth-order valence-corrected chi connectivity index (χ4v) is 2.34. The zero-order chi connectivity index (χ0) is 16.9. The molecule has 0 aliphatic carbocycles. The Morgan fingerprint density at radius 1 is 1.00 bits per heavy atom. The summed E-state index contributed by atoms with van der Waals surface area (Å²) < 4.78 is 6.20. The van der Waals surface area contributed by atoms with Crippen LogP contribution < -0.4 is 15.4 Å². The Morgan fingerprint density at radius 3 is 2.46 bits per heavy atom. The summed E-state index contributed by atoms with van der Waals surface area (Å²) in [5.74, 6) is 1.82. The van der Waals surface area contributed by atoms with Gasteiger partial charge in [-0.1, -0.05) is 15.9 Å². The lowest BCUT2D eigenvalue weighted by Crippen LogP contribution is -2.02. The summed E-state index contributed by atoms with van der Waals surface area (Å²) in [7, 11) is 1.63. The van der Waals surface area contributed by atoms with Crippen LogP contribution in [-0.4, -0.2) is 22.3 Å². The van der Waals surface area contributed by atoms with Crippen LogP contribution in [0.1, 0.15) is 5.56 Å². The number of aromatic nitrogens is 3. The molecular formula is C17H16BrN5O. The molecule has 0 spiro atoms. The van der Waals surface area contributed by atoms with Crippen molar-refractivity contribution in [3.05, 3.63) is 58.7 Å². The number of nitrogens with one attached hydrogen (secondary N) is 2. The first-order valence-corrected chi connectivity index (χ1v) is 8.07. The molecule has 0 atom stereocenters. The van der Waals surface area contributed by atoms with Gasteiger partial charge in [-0.25, -0.2) is 0 Å². The van der Waals surface area contributed by atoms with Crippen LogP contribution in [0.4, 0.5) is 23.1 Å². The largest absolute Gasteiger partial charge is 0.497 e. The molecule has 0 aliphatic rings. The van der Waals surface area contributed by atoms with Crippen LogP contribution >= 0.6 is 15.9 Å². The van der Waals surface area contributed by atoms with E-state index in [0.29, 0.717) is 11.8 Å². The average molecular weight is 386 g/mol. The van der Waals surface area contributed by atoms with Crippen molar-refractivity contribution in [1.82, 2.24) is 15.2 Å². The van der Waals surface area contributed by atoms with Crippen LogP contribution in [0, 0.1) is 6.92 Å².